The Labute approximate surface area is 136 Å². The summed E-state index contributed by atoms with van der Waals surface area (Å²) in [7, 11) is -3.63. The lowest BCUT2D eigenvalue weighted by Crippen LogP contribution is -2.03. The van der Waals surface area contributed by atoms with Crippen molar-refractivity contribution in [2.45, 2.75) is 9.79 Å². The lowest BCUT2D eigenvalue weighted by molar-refractivity contribution is 0.112. The number of aldehydes is 1. The van der Waals surface area contributed by atoms with E-state index in [1.165, 1.54) is 24.3 Å². The Balaban J connectivity index is 2.22. The largest absolute Gasteiger partial charge is 0.298 e. The molecule has 22 heavy (non-hydrogen) atoms. The van der Waals surface area contributed by atoms with Crippen LogP contribution in [0.4, 0.5) is 0 Å². The van der Waals surface area contributed by atoms with Crippen LogP contribution in [0.1, 0.15) is 10.4 Å². The minimum absolute atomic E-state index is 0.175. The van der Waals surface area contributed by atoms with Crippen molar-refractivity contribution in [2.24, 2.45) is 0 Å². The van der Waals surface area contributed by atoms with E-state index in [-0.39, 0.29) is 9.79 Å². The molecule has 0 saturated carbocycles. The van der Waals surface area contributed by atoms with Crippen LogP contribution in [0.5, 0.6) is 0 Å². The molecule has 0 aliphatic carbocycles. The standard InChI is InChI=1S/C17H11BrO3S/c18-14-6-9-16-13(10-14)2-1-3-17(16)22(20,21)15-7-4-12(11-19)5-8-15/h1-11H. The monoisotopic (exact) mass is 374 g/mol. The third-order valence-electron chi connectivity index (χ3n) is 3.42. The Kier molecular flexibility index (Phi) is 3.85. The molecule has 3 rings (SSSR count). The van der Waals surface area contributed by atoms with Gasteiger partial charge in [-0.3, -0.25) is 4.79 Å². The number of halogens is 1. The van der Waals surface area contributed by atoms with E-state index in [4.69, 9.17) is 0 Å². The molecule has 0 atom stereocenters. The van der Waals surface area contributed by atoms with Gasteiger partial charge >= 0.3 is 0 Å². The molecule has 0 heterocycles. The van der Waals surface area contributed by atoms with Gasteiger partial charge in [0, 0.05) is 15.4 Å². The van der Waals surface area contributed by atoms with Gasteiger partial charge in [0.1, 0.15) is 6.29 Å². The molecule has 0 fully saturated rings. The molecule has 0 unspecified atom stereocenters. The van der Waals surface area contributed by atoms with Crippen molar-refractivity contribution in [2.75, 3.05) is 0 Å². The van der Waals surface area contributed by atoms with Crippen LogP contribution in [0.2, 0.25) is 0 Å². The minimum Gasteiger partial charge on any atom is -0.298 e. The number of fused-ring (bicyclic) bond motifs is 1. The lowest BCUT2D eigenvalue weighted by Gasteiger charge is -2.09. The van der Waals surface area contributed by atoms with Gasteiger partial charge in [-0.15, -0.1) is 0 Å². The van der Waals surface area contributed by atoms with Gasteiger partial charge in [-0.25, -0.2) is 8.42 Å². The topological polar surface area (TPSA) is 51.2 Å². The summed E-state index contributed by atoms with van der Waals surface area (Å²) in [5, 5.41) is 1.52. The van der Waals surface area contributed by atoms with Gasteiger partial charge in [-0.1, -0.05) is 46.3 Å². The maximum absolute atomic E-state index is 12.8. The highest BCUT2D eigenvalue weighted by molar-refractivity contribution is 9.10. The summed E-state index contributed by atoms with van der Waals surface area (Å²) in [4.78, 5) is 11.1. The molecule has 0 N–H and O–H groups in total. The number of benzene rings is 3. The van der Waals surface area contributed by atoms with E-state index in [0.29, 0.717) is 17.2 Å². The summed E-state index contributed by atoms with van der Waals surface area (Å²) in [6.45, 7) is 0. The number of carbonyl (C=O) groups excluding carboxylic acids is 1. The van der Waals surface area contributed by atoms with E-state index in [0.717, 1.165) is 9.86 Å². The molecule has 110 valence electrons. The van der Waals surface area contributed by atoms with E-state index in [9.17, 15) is 13.2 Å². The van der Waals surface area contributed by atoms with Crippen molar-refractivity contribution in [3.05, 3.63) is 70.7 Å². The van der Waals surface area contributed by atoms with Crippen molar-refractivity contribution in [3.8, 4) is 0 Å². The van der Waals surface area contributed by atoms with E-state index < -0.39 is 9.84 Å². The Morgan fingerprint density at radius 3 is 2.32 bits per heavy atom. The number of hydrogen-bond donors (Lipinski definition) is 0. The second kappa shape index (κ2) is 5.66. The molecular weight excluding hydrogens is 364 g/mol. The van der Waals surface area contributed by atoms with Crippen LogP contribution in [0.3, 0.4) is 0 Å². The molecular formula is C17H11BrO3S. The zero-order chi connectivity index (χ0) is 15.7. The molecule has 0 aliphatic heterocycles. The predicted octanol–water partition coefficient (Wildman–Crippen LogP) is 4.25. The maximum atomic E-state index is 12.8. The molecule has 0 saturated heterocycles. The van der Waals surface area contributed by atoms with Gasteiger partial charge in [0.2, 0.25) is 9.84 Å². The minimum atomic E-state index is -3.63. The maximum Gasteiger partial charge on any atom is 0.207 e. The molecule has 3 aromatic carbocycles. The first-order valence-electron chi connectivity index (χ1n) is 6.51. The summed E-state index contributed by atoms with van der Waals surface area (Å²) in [5.74, 6) is 0. The molecule has 3 aromatic rings. The highest BCUT2D eigenvalue weighted by Gasteiger charge is 2.20. The van der Waals surface area contributed by atoms with Gasteiger partial charge in [0.15, 0.2) is 0 Å². The predicted molar refractivity (Wildman–Crippen MR) is 88.9 cm³/mol. The van der Waals surface area contributed by atoms with Crippen LogP contribution < -0.4 is 0 Å². The highest BCUT2D eigenvalue weighted by Crippen LogP contribution is 2.30. The number of sulfone groups is 1. The van der Waals surface area contributed by atoms with Crippen LogP contribution >= 0.6 is 15.9 Å². The molecule has 0 bridgehead atoms. The second-order valence-corrected chi connectivity index (χ2v) is 7.65. The summed E-state index contributed by atoms with van der Waals surface area (Å²) in [6.07, 6.45) is 0.686. The summed E-state index contributed by atoms with van der Waals surface area (Å²) in [6, 6.07) is 16.6. The van der Waals surface area contributed by atoms with Gasteiger partial charge in [0.25, 0.3) is 0 Å². The Morgan fingerprint density at radius 1 is 0.909 bits per heavy atom. The van der Waals surface area contributed by atoms with Crippen molar-refractivity contribution < 1.29 is 13.2 Å². The normalized spacial score (nSPS) is 11.5. The quantitative estimate of drug-likeness (QED) is 0.644. The fourth-order valence-electron chi connectivity index (χ4n) is 2.31. The summed E-state index contributed by atoms with van der Waals surface area (Å²) >= 11 is 3.39. The third-order valence-corrected chi connectivity index (χ3v) is 5.74. The van der Waals surface area contributed by atoms with Crippen molar-refractivity contribution in [3.63, 3.8) is 0 Å². The number of carbonyl (C=O) groups is 1. The first-order chi connectivity index (χ1) is 10.5. The van der Waals surface area contributed by atoms with Crippen LogP contribution in [0.25, 0.3) is 10.8 Å². The van der Waals surface area contributed by atoms with E-state index in [2.05, 4.69) is 15.9 Å². The average molecular weight is 375 g/mol. The van der Waals surface area contributed by atoms with Crippen LogP contribution in [0.15, 0.2) is 74.9 Å². The van der Waals surface area contributed by atoms with Crippen LogP contribution in [-0.4, -0.2) is 14.7 Å². The lowest BCUT2D eigenvalue weighted by atomic mass is 10.1. The molecule has 0 radical (unpaired) electrons. The van der Waals surface area contributed by atoms with Gasteiger partial charge in [-0.2, -0.15) is 0 Å². The van der Waals surface area contributed by atoms with Crippen LogP contribution in [0, 0.1) is 0 Å². The Hall–Kier alpha value is -1.98. The fraction of sp³-hybridized carbons (Fsp3) is 0. The Bertz CT molecular complexity index is 961. The first kappa shape index (κ1) is 14.9. The van der Waals surface area contributed by atoms with E-state index in [1.807, 2.05) is 18.2 Å². The molecule has 5 heteroatoms. The smallest absolute Gasteiger partial charge is 0.207 e. The van der Waals surface area contributed by atoms with E-state index >= 15 is 0 Å². The molecule has 0 amide bonds. The zero-order valence-electron chi connectivity index (χ0n) is 11.4. The van der Waals surface area contributed by atoms with Gasteiger partial charge < -0.3 is 0 Å². The highest BCUT2D eigenvalue weighted by atomic mass is 79.9. The Morgan fingerprint density at radius 2 is 1.64 bits per heavy atom. The second-order valence-electron chi connectivity index (χ2n) is 4.81. The summed E-state index contributed by atoms with van der Waals surface area (Å²) in [5.41, 5.74) is 0.445. The van der Waals surface area contributed by atoms with Crippen molar-refractivity contribution in [1.82, 2.24) is 0 Å². The average Bonchev–Trinajstić information content (AvgIpc) is 2.54. The fourth-order valence-corrected chi connectivity index (χ4v) is 4.17. The van der Waals surface area contributed by atoms with Gasteiger partial charge in [0.05, 0.1) is 9.79 Å². The number of rotatable bonds is 3. The van der Waals surface area contributed by atoms with Crippen LogP contribution in [-0.2, 0) is 9.84 Å². The number of hydrogen-bond acceptors (Lipinski definition) is 3. The first-order valence-corrected chi connectivity index (χ1v) is 8.78. The zero-order valence-corrected chi connectivity index (χ0v) is 13.8. The SMILES string of the molecule is O=Cc1ccc(S(=O)(=O)c2cccc3cc(Br)ccc23)cc1. The molecule has 0 aromatic heterocycles. The van der Waals surface area contributed by atoms with Gasteiger partial charge in [-0.05, 0) is 35.7 Å². The van der Waals surface area contributed by atoms with Crippen molar-refractivity contribution in [1.29, 1.82) is 0 Å². The molecule has 3 nitrogen and oxygen atoms in total. The van der Waals surface area contributed by atoms with Crippen molar-refractivity contribution >= 4 is 42.8 Å². The van der Waals surface area contributed by atoms with E-state index in [1.54, 1.807) is 18.2 Å². The molecule has 0 spiro atoms. The summed E-state index contributed by atoms with van der Waals surface area (Å²) < 4.78 is 26.6. The molecule has 0 aliphatic rings. The third kappa shape index (κ3) is 2.58.